The zero-order valence-corrected chi connectivity index (χ0v) is 29.0. The van der Waals surface area contributed by atoms with Crippen molar-refractivity contribution in [1.29, 1.82) is 0 Å². The van der Waals surface area contributed by atoms with Gasteiger partial charge in [-0.3, -0.25) is 14.2 Å². The molecule has 0 unspecified atom stereocenters. The van der Waals surface area contributed by atoms with Crippen LogP contribution in [0.3, 0.4) is 0 Å². The van der Waals surface area contributed by atoms with E-state index in [9.17, 15) is 19.5 Å². The number of fused-ring (bicyclic) bond motifs is 1. The van der Waals surface area contributed by atoms with E-state index in [2.05, 4.69) is 27.4 Å². The average Bonchev–Trinajstić information content (AvgIpc) is 3.46. The first-order valence-electron chi connectivity index (χ1n) is 17.9. The Kier molecular flexibility index (Phi) is 11.8. The van der Waals surface area contributed by atoms with Crippen LogP contribution in [-0.4, -0.2) is 63.7 Å². The number of benzene rings is 3. The van der Waals surface area contributed by atoms with Crippen molar-refractivity contribution in [1.82, 2.24) is 19.8 Å². The molecule has 1 aromatic heterocycles. The van der Waals surface area contributed by atoms with Crippen molar-refractivity contribution >= 4 is 28.5 Å². The number of carbonyl (C=O) groups is 2. The Balaban J connectivity index is 1.12. The molecule has 0 spiro atoms. The van der Waals surface area contributed by atoms with Crippen LogP contribution in [0.4, 0.5) is 5.69 Å². The van der Waals surface area contributed by atoms with Crippen LogP contribution in [0.25, 0.3) is 11.0 Å². The minimum Gasteiger partial charge on any atom is -0.392 e. The predicted octanol–water partition coefficient (Wildman–Crippen LogP) is 5.59. The van der Waals surface area contributed by atoms with Crippen LogP contribution in [0.5, 0.6) is 0 Å². The van der Waals surface area contributed by atoms with Gasteiger partial charge in [-0.15, -0.1) is 0 Å². The van der Waals surface area contributed by atoms with Crippen molar-refractivity contribution in [2.75, 3.05) is 31.5 Å². The maximum atomic E-state index is 12.9. The molecule has 2 fully saturated rings. The number of nitrogens with one attached hydrogen (secondary N) is 3. The molecule has 0 bridgehead atoms. The van der Waals surface area contributed by atoms with Crippen molar-refractivity contribution in [2.45, 2.75) is 83.5 Å². The molecule has 2 aliphatic rings. The van der Waals surface area contributed by atoms with Gasteiger partial charge in [0.2, 0.25) is 11.8 Å². The third-order valence-electron chi connectivity index (χ3n) is 10.0. The van der Waals surface area contributed by atoms with Crippen LogP contribution < -0.4 is 16.3 Å². The summed E-state index contributed by atoms with van der Waals surface area (Å²) in [7, 11) is 0. The largest absolute Gasteiger partial charge is 0.392 e. The van der Waals surface area contributed by atoms with E-state index in [0.29, 0.717) is 18.7 Å². The van der Waals surface area contributed by atoms with E-state index in [1.54, 1.807) is 0 Å². The van der Waals surface area contributed by atoms with Gasteiger partial charge in [-0.25, -0.2) is 4.79 Å². The van der Waals surface area contributed by atoms with Crippen LogP contribution >= 0.6 is 0 Å². The molecule has 3 aromatic carbocycles. The molecule has 11 nitrogen and oxygen atoms in total. The number of ether oxygens (including phenoxy) is 2. The molecule has 266 valence electrons. The lowest BCUT2D eigenvalue weighted by Gasteiger charge is -2.44. The van der Waals surface area contributed by atoms with Gasteiger partial charge in [0.25, 0.3) is 0 Å². The monoisotopic (exact) mass is 683 g/mol. The van der Waals surface area contributed by atoms with E-state index in [1.165, 1.54) is 6.92 Å². The number of amides is 2. The standard InChI is InChI=1S/C39H49N5O6/c1-26-35(24-43-21-18-32(19-22-43)44-34-12-6-5-11-33(34)42-39(44)48)49-38(50-37(26)29-16-14-28(25-45)15-17-29)30-9-8-10-31(23-30)41-36(47)13-4-3-7-20-40-27(2)46/h5-6,8-12,14-17,23,26,32,35,37-38,45H,3-4,7,13,18-22,24-25H2,1-2H3,(H,40,46)(H,41,47)(H,42,48)/t26-,35+,37+,38+/m1/s1. The third-order valence-corrected chi connectivity index (χ3v) is 10.0. The summed E-state index contributed by atoms with van der Waals surface area (Å²) in [6.45, 7) is 6.68. The van der Waals surface area contributed by atoms with Crippen LogP contribution in [-0.2, 0) is 25.7 Å². The molecule has 2 aliphatic heterocycles. The second-order valence-electron chi connectivity index (χ2n) is 13.6. The summed E-state index contributed by atoms with van der Waals surface area (Å²) in [6.07, 6.45) is 3.54. The van der Waals surface area contributed by atoms with Gasteiger partial charge in [0.15, 0.2) is 6.29 Å². The first-order valence-corrected chi connectivity index (χ1v) is 17.9. The van der Waals surface area contributed by atoms with Gasteiger partial charge < -0.3 is 35.1 Å². The zero-order valence-electron chi connectivity index (χ0n) is 29.0. The maximum absolute atomic E-state index is 12.9. The van der Waals surface area contributed by atoms with Crippen LogP contribution in [0.2, 0.25) is 0 Å². The number of aliphatic hydroxyl groups excluding tert-OH is 1. The minimum atomic E-state index is -0.647. The number of imidazole rings is 1. The molecule has 6 rings (SSSR count). The predicted molar refractivity (Wildman–Crippen MR) is 192 cm³/mol. The number of aliphatic hydroxyl groups is 1. The Morgan fingerprint density at radius 2 is 1.72 bits per heavy atom. The van der Waals surface area contributed by atoms with Crippen molar-refractivity contribution < 1.29 is 24.2 Å². The molecule has 2 saturated heterocycles. The van der Waals surface area contributed by atoms with Crippen LogP contribution in [0.15, 0.2) is 77.6 Å². The first kappa shape index (κ1) is 35.5. The van der Waals surface area contributed by atoms with Crippen molar-refractivity contribution in [3.05, 3.63) is 100.0 Å². The average molecular weight is 684 g/mol. The van der Waals surface area contributed by atoms with E-state index in [0.717, 1.165) is 79.5 Å². The smallest absolute Gasteiger partial charge is 0.326 e. The fraction of sp³-hybridized carbons (Fsp3) is 0.462. The minimum absolute atomic E-state index is 0.0219. The molecule has 4 aromatic rings. The molecule has 4 atom stereocenters. The fourth-order valence-corrected chi connectivity index (χ4v) is 7.22. The first-order chi connectivity index (χ1) is 24.3. The number of nitrogens with zero attached hydrogens (tertiary/aromatic N) is 2. The van der Waals surface area contributed by atoms with E-state index in [1.807, 2.05) is 77.4 Å². The van der Waals surface area contributed by atoms with Crippen molar-refractivity contribution in [2.24, 2.45) is 5.92 Å². The van der Waals surface area contributed by atoms with Crippen molar-refractivity contribution in [3.63, 3.8) is 0 Å². The fourth-order valence-electron chi connectivity index (χ4n) is 7.22. The molecular formula is C39H49N5O6. The number of carbonyl (C=O) groups excluding carboxylic acids is 2. The summed E-state index contributed by atoms with van der Waals surface area (Å²) in [5.74, 6) is -0.0613. The molecule has 11 heteroatoms. The molecular weight excluding hydrogens is 634 g/mol. The highest BCUT2D eigenvalue weighted by molar-refractivity contribution is 5.90. The highest BCUT2D eigenvalue weighted by Crippen LogP contribution is 2.42. The Hall–Kier alpha value is -4.29. The lowest BCUT2D eigenvalue weighted by Crippen LogP contribution is -2.47. The number of para-hydroxylation sites is 2. The Morgan fingerprint density at radius 3 is 2.48 bits per heavy atom. The van der Waals surface area contributed by atoms with Gasteiger partial charge in [0.05, 0.1) is 29.8 Å². The number of anilines is 1. The topological polar surface area (TPSA) is 138 Å². The number of likely N-dealkylation sites (tertiary alicyclic amines) is 1. The lowest BCUT2D eigenvalue weighted by molar-refractivity contribution is -0.276. The number of aromatic amines is 1. The number of H-pyrrole nitrogens is 1. The van der Waals surface area contributed by atoms with Crippen molar-refractivity contribution in [3.8, 4) is 0 Å². The second kappa shape index (κ2) is 16.6. The van der Waals surface area contributed by atoms with Crippen LogP contribution in [0.1, 0.15) is 87.5 Å². The summed E-state index contributed by atoms with van der Waals surface area (Å²) in [4.78, 5) is 42.1. The number of rotatable bonds is 13. The molecule has 4 N–H and O–H groups in total. The van der Waals surface area contributed by atoms with Gasteiger partial charge in [-0.1, -0.05) is 61.9 Å². The van der Waals surface area contributed by atoms with E-state index in [4.69, 9.17) is 9.47 Å². The maximum Gasteiger partial charge on any atom is 0.326 e. The highest BCUT2D eigenvalue weighted by Gasteiger charge is 2.39. The van der Waals surface area contributed by atoms with Gasteiger partial charge in [-0.05, 0) is 61.1 Å². The third kappa shape index (κ3) is 8.70. The summed E-state index contributed by atoms with van der Waals surface area (Å²) in [5.41, 5.74) is 5.14. The normalized spacial score (nSPS) is 21.7. The SMILES string of the molecule is CC(=O)NCCCCCC(=O)Nc1cccc([C@H]2O[C@@H](CN3CCC(n4c(=O)[nH]c5ccccc54)CC3)[C@@H](C)[C@@H](c3ccc(CO)cc3)O2)c1. The Labute approximate surface area is 293 Å². The zero-order chi connectivity index (χ0) is 35.0. The Bertz CT molecular complexity index is 1790. The molecule has 2 amide bonds. The highest BCUT2D eigenvalue weighted by atomic mass is 16.7. The summed E-state index contributed by atoms with van der Waals surface area (Å²) >= 11 is 0. The molecule has 3 heterocycles. The Morgan fingerprint density at radius 1 is 0.940 bits per heavy atom. The molecule has 50 heavy (non-hydrogen) atoms. The lowest BCUT2D eigenvalue weighted by atomic mass is 9.89. The van der Waals surface area contributed by atoms with E-state index >= 15 is 0 Å². The summed E-state index contributed by atoms with van der Waals surface area (Å²) in [5, 5.41) is 15.4. The molecule has 0 aliphatic carbocycles. The van der Waals surface area contributed by atoms with Gasteiger partial charge in [0, 0.05) is 62.7 Å². The number of hydrogen-bond donors (Lipinski definition) is 4. The van der Waals surface area contributed by atoms with E-state index in [-0.39, 0.29) is 48.3 Å². The number of aromatic nitrogens is 2. The number of piperidine rings is 1. The second-order valence-corrected chi connectivity index (χ2v) is 13.6. The molecule has 0 saturated carbocycles. The van der Waals surface area contributed by atoms with Gasteiger partial charge >= 0.3 is 5.69 Å². The summed E-state index contributed by atoms with van der Waals surface area (Å²) in [6, 6.07) is 23.5. The number of hydrogen-bond acceptors (Lipinski definition) is 7. The number of unbranched alkanes of at least 4 members (excludes halogenated alkanes) is 2. The van der Waals surface area contributed by atoms with Crippen LogP contribution in [0, 0.1) is 5.92 Å². The summed E-state index contributed by atoms with van der Waals surface area (Å²) < 4.78 is 15.3. The van der Waals surface area contributed by atoms with E-state index < -0.39 is 6.29 Å². The van der Waals surface area contributed by atoms with Gasteiger partial charge in [-0.2, -0.15) is 0 Å². The molecule has 0 radical (unpaired) electrons. The quantitative estimate of drug-likeness (QED) is 0.135. The van der Waals surface area contributed by atoms with Gasteiger partial charge in [0.1, 0.15) is 0 Å².